The van der Waals surface area contributed by atoms with Crippen LogP contribution < -0.4 is 5.32 Å². The molecule has 0 aliphatic rings. The van der Waals surface area contributed by atoms with Crippen LogP contribution in [0.1, 0.15) is 44.6 Å². The van der Waals surface area contributed by atoms with E-state index in [9.17, 15) is 0 Å². The Balaban J connectivity index is 2.22. The van der Waals surface area contributed by atoms with Gasteiger partial charge in [-0.2, -0.15) is 0 Å². The van der Waals surface area contributed by atoms with Crippen LogP contribution in [0.2, 0.25) is 0 Å². The number of rotatable bonds is 11. The third-order valence-electron chi connectivity index (χ3n) is 3.44. The molecule has 0 bridgehead atoms. The van der Waals surface area contributed by atoms with Gasteiger partial charge in [-0.25, -0.2) is 0 Å². The maximum absolute atomic E-state index is 5.14. The van der Waals surface area contributed by atoms with Crippen LogP contribution in [0, 0.1) is 0 Å². The summed E-state index contributed by atoms with van der Waals surface area (Å²) in [6.07, 6.45) is 7.30. The van der Waals surface area contributed by atoms with E-state index in [-0.39, 0.29) is 0 Å². The molecule has 2 heteroatoms. The van der Waals surface area contributed by atoms with Crippen LogP contribution >= 0.6 is 0 Å². The monoisotopic (exact) mass is 263 g/mol. The third-order valence-corrected chi connectivity index (χ3v) is 3.44. The van der Waals surface area contributed by atoms with E-state index in [1.54, 1.807) is 7.11 Å². The highest BCUT2D eigenvalue weighted by atomic mass is 16.5. The molecular weight excluding hydrogens is 234 g/mol. The van der Waals surface area contributed by atoms with Crippen molar-refractivity contribution < 1.29 is 4.74 Å². The average molecular weight is 263 g/mol. The van der Waals surface area contributed by atoms with Crippen LogP contribution in [0.4, 0.5) is 0 Å². The van der Waals surface area contributed by atoms with Gasteiger partial charge in [0, 0.05) is 19.8 Å². The van der Waals surface area contributed by atoms with Gasteiger partial charge in [0.25, 0.3) is 0 Å². The lowest BCUT2D eigenvalue weighted by atomic mass is 10.0. The van der Waals surface area contributed by atoms with E-state index >= 15 is 0 Å². The molecule has 0 radical (unpaired) electrons. The maximum atomic E-state index is 5.14. The molecule has 0 aliphatic carbocycles. The van der Waals surface area contributed by atoms with Crippen molar-refractivity contribution in [3.63, 3.8) is 0 Å². The molecule has 2 nitrogen and oxygen atoms in total. The molecule has 0 fully saturated rings. The quantitative estimate of drug-likeness (QED) is 0.613. The molecule has 1 aromatic carbocycles. The van der Waals surface area contributed by atoms with Gasteiger partial charge in [0.05, 0.1) is 0 Å². The second-order valence-corrected chi connectivity index (χ2v) is 5.16. The second kappa shape index (κ2) is 11.0. The SMILES string of the molecule is CCCNC(CCCOC)CCCc1ccccc1. The van der Waals surface area contributed by atoms with Gasteiger partial charge in [-0.15, -0.1) is 0 Å². The lowest BCUT2D eigenvalue weighted by Gasteiger charge is -2.18. The van der Waals surface area contributed by atoms with Crippen molar-refractivity contribution in [2.75, 3.05) is 20.3 Å². The van der Waals surface area contributed by atoms with Crippen molar-refractivity contribution in [1.82, 2.24) is 5.32 Å². The van der Waals surface area contributed by atoms with E-state index in [0.29, 0.717) is 6.04 Å². The number of nitrogens with one attached hydrogen (secondary N) is 1. The van der Waals surface area contributed by atoms with E-state index < -0.39 is 0 Å². The van der Waals surface area contributed by atoms with Crippen LogP contribution in [-0.2, 0) is 11.2 Å². The Kier molecular flexibility index (Phi) is 9.38. The van der Waals surface area contributed by atoms with Gasteiger partial charge in [0.2, 0.25) is 0 Å². The number of methoxy groups -OCH3 is 1. The first-order valence-electron chi connectivity index (χ1n) is 7.63. The number of hydrogen-bond acceptors (Lipinski definition) is 2. The fraction of sp³-hybridized carbons (Fsp3) is 0.647. The lowest BCUT2D eigenvalue weighted by Crippen LogP contribution is -2.30. The minimum absolute atomic E-state index is 0.652. The van der Waals surface area contributed by atoms with Gasteiger partial charge < -0.3 is 10.1 Å². The molecule has 19 heavy (non-hydrogen) atoms. The van der Waals surface area contributed by atoms with Crippen molar-refractivity contribution in [2.24, 2.45) is 0 Å². The molecule has 108 valence electrons. The Labute approximate surface area is 118 Å². The zero-order chi connectivity index (χ0) is 13.8. The zero-order valence-corrected chi connectivity index (χ0v) is 12.5. The Morgan fingerprint density at radius 1 is 1.11 bits per heavy atom. The standard InChI is InChI=1S/C17H29NO/c1-3-14-18-17(13-8-15-19-2)12-7-11-16-9-5-4-6-10-16/h4-6,9-10,17-18H,3,7-8,11-15H2,1-2H3. The highest BCUT2D eigenvalue weighted by molar-refractivity contribution is 5.14. The second-order valence-electron chi connectivity index (χ2n) is 5.16. The molecule has 1 aromatic rings. The van der Waals surface area contributed by atoms with E-state index in [4.69, 9.17) is 4.74 Å². The molecule has 1 N–H and O–H groups in total. The van der Waals surface area contributed by atoms with E-state index in [0.717, 1.165) is 19.6 Å². The van der Waals surface area contributed by atoms with Crippen LogP contribution in [0.5, 0.6) is 0 Å². The van der Waals surface area contributed by atoms with Crippen LogP contribution in [-0.4, -0.2) is 26.3 Å². The van der Waals surface area contributed by atoms with Crippen molar-refractivity contribution in [1.29, 1.82) is 0 Å². The molecule has 0 aromatic heterocycles. The average Bonchev–Trinajstić information content (AvgIpc) is 2.45. The summed E-state index contributed by atoms with van der Waals surface area (Å²) in [4.78, 5) is 0. The molecule has 0 spiro atoms. The lowest BCUT2D eigenvalue weighted by molar-refractivity contribution is 0.188. The van der Waals surface area contributed by atoms with Gasteiger partial charge >= 0.3 is 0 Å². The van der Waals surface area contributed by atoms with Gasteiger partial charge in [0.1, 0.15) is 0 Å². The van der Waals surface area contributed by atoms with E-state index in [1.165, 1.54) is 37.7 Å². The molecule has 0 amide bonds. The Morgan fingerprint density at radius 3 is 2.53 bits per heavy atom. The highest BCUT2D eigenvalue weighted by Gasteiger charge is 2.07. The summed E-state index contributed by atoms with van der Waals surface area (Å²) in [6.45, 7) is 4.23. The van der Waals surface area contributed by atoms with Crippen molar-refractivity contribution in [3.05, 3.63) is 35.9 Å². The van der Waals surface area contributed by atoms with Crippen molar-refractivity contribution in [2.45, 2.75) is 51.5 Å². The van der Waals surface area contributed by atoms with Crippen molar-refractivity contribution in [3.8, 4) is 0 Å². The fourth-order valence-corrected chi connectivity index (χ4v) is 2.37. The van der Waals surface area contributed by atoms with Gasteiger partial charge in [-0.05, 0) is 50.6 Å². The summed E-state index contributed by atoms with van der Waals surface area (Å²) in [5, 5.41) is 3.66. The molecule has 1 rings (SSSR count). The topological polar surface area (TPSA) is 21.3 Å². The zero-order valence-electron chi connectivity index (χ0n) is 12.5. The van der Waals surface area contributed by atoms with Crippen LogP contribution in [0.25, 0.3) is 0 Å². The molecule has 0 aliphatic heterocycles. The highest BCUT2D eigenvalue weighted by Crippen LogP contribution is 2.10. The Morgan fingerprint density at radius 2 is 1.84 bits per heavy atom. The number of hydrogen-bond donors (Lipinski definition) is 1. The molecular formula is C17H29NO. The number of aryl methyl sites for hydroxylation is 1. The summed E-state index contributed by atoms with van der Waals surface area (Å²) in [5.74, 6) is 0. The minimum atomic E-state index is 0.652. The van der Waals surface area contributed by atoms with E-state index in [2.05, 4.69) is 42.6 Å². The minimum Gasteiger partial charge on any atom is -0.385 e. The maximum Gasteiger partial charge on any atom is 0.0462 e. The summed E-state index contributed by atoms with van der Waals surface area (Å²) in [5.41, 5.74) is 1.45. The first-order valence-corrected chi connectivity index (χ1v) is 7.63. The molecule has 1 unspecified atom stereocenters. The summed E-state index contributed by atoms with van der Waals surface area (Å²) >= 11 is 0. The molecule has 0 heterocycles. The van der Waals surface area contributed by atoms with Gasteiger partial charge in [0.15, 0.2) is 0 Å². The molecule has 1 atom stereocenters. The number of benzene rings is 1. The van der Waals surface area contributed by atoms with Crippen LogP contribution in [0.15, 0.2) is 30.3 Å². The van der Waals surface area contributed by atoms with Crippen LogP contribution in [0.3, 0.4) is 0 Å². The summed E-state index contributed by atoms with van der Waals surface area (Å²) < 4.78 is 5.14. The third kappa shape index (κ3) is 8.02. The first kappa shape index (κ1) is 16.2. The largest absolute Gasteiger partial charge is 0.385 e. The predicted octanol–water partition coefficient (Wildman–Crippen LogP) is 3.80. The van der Waals surface area contributed by atoms with Gasteiger partial charge in [-0.3, -0.25) is 0 Å². The predicted molar refractivity (Wildman–Crippen MR) is 82.6 cm³/mol. The number of ether oxygens (including phenoxy) is 1. The molecule has 0 saturated heterocycles. The fourth-order valence-electron chi connectivity index (χ4n) is 2.37. The van der Waals surface area contributed by atoms with E-state index in [1.807, 2.05) is 0 Å². The smallest absolute Gasteiger partial charge is 0.0462 e. The summed E-state index contributed by atoms with van der Waals surface area (Å²) in [7, 11) is 1.78. The normalized spacial score (nSPS) is 12.5. The first-order chi connectivity index (χ1) is 9.36. The summed E-state index contributed by atoms with van der Waals surface area (Å²) in [6, 6.07) is 11.4. The van der Waals surface area contributed by atoms with Crippen molar-refractivity contribution >= 4 is 0 Å². The van der Waals surface area contributed by atoms with Gasteiger partial charge in [-0.1, -0.05) is 37.3 Å². The molecule has 0 saturated carbocycles. The Bertz CT molecular complexity index is 299. The Hall–Kier alpha value is -0.860.